The number of carbonyl (C=O) groups is 1. The standard InChI is InChI=1S/C13H20N2O2/c1-15(2)13(16)8-9-14-12-7-5-4-6-11(12)10-17-3/h4-7,14H,8-10H2,1-3H3. The first-order valence-electron chi connectivity index (χ1n) is 5.66. The highest BCUT2D eigenvalue weighted by atomic mass is 16.5. The van der Waals surface area contributed by atoms with E-state index >= 15 is 0 Å². The number of rotatable bonds is 6. The van der Waals surface area contributed by atoms with Crippen molar-refractivity contribution in [3.05, 3.63) is 29.8 Å². The van der Waals surface area contributed by atoms with Gasteiger partial charge in [-0.3, -0.25) is 4.79 Å². The van der Waals surface area contributed by atoms with Crippen LogP contribution in [0.15, 0.2) is 24.3 Å². The lowest BCUT2D eigenvalue weighted by Gasteiger charge is -2.13. The van der Waals surface area contributed by atoms with Gasteiger partial charge in [0.25, 0.3) is 0 Å². The van der Waals surface area contributed by atoms with E-state index in [0.29, 0.717) is 19.6 Å². The summed E-state index contributed by atoms with van der Waals surface area (Å²) in [4.78, 5) is 13.0. The van der Waals surface area contributed by atoms with E-state index in [4.69, 9.17) is 4.74 Å². The molecule has 94 valence electrons. The largest absolute Gasteiger partial charge is 0.384 e. The number of para-hydroxylation sites is 1. The van der Waals surface area contributed by atoms with Crippen LogP contribution in [0.2, 0.25) is 0 Å². The molecule has 0 aliphatic carbocycles. The Morgan fingerprint density at radius 2 is 2.06 bits per heavy atom. The van der Waals surface area contributed by atoms with Gasteiger partial charge in [-0.15, -0.1) is 0 Å². The van der Waals surface area contributed by atoms with Crippen molar-refractivity contribution in [1.29, 1.82) is 0 Å². The third-order valence-electron chi connectivity index (χ3n) is 2.47. The summed E-state index contributed by atoms with van der Waals surface area (Å²) in [5.41, 5.74) is 2.13. The number of benzene rings is 1. The molecule has 0 saturated heterocycles. The normalized spacial score (nSPS) is 10.1. The van der Waals surface area contributed by atoms with Crippen LogP contribution in [0.5, 0.6) is 0 Å². The fourth-order valence-electron chi connectivity index (χ4n) is 1.50. The average Bonchev–Trinajstić information content (AvgIpc) is 2.31. The van der Waals surface area contributed by atoms with Gasteiger partial charge in [0.15, 0.2) is 0 Å². The lowest BCUT2D eigenvalue weighted by Crippen LogP contribution is -2.24. The summed E-state index contributed by atoms with van der Waals surface area (Å²) in [6.45, 7) is 1.21. The summed E-state index contributed by atoms with van der Waals surface area (Å²) in [6.07, 6.45) is 0.494. The number of carbonyl (C=O) groups excluding carboxylic acids is 1. The number of anilines is 1. The second kappa shape index (κ2) is 6.91. The molecule has 0 unspecified atom stereocenters. The summed E-state index contributed by atoms with van der Waals surface area (Å²) >= 11 is 0. The Kier molecular flexibility index (Phi) is 5.49. The first-order chi connectivity index (χ1) is 8.15. The van der Waals surface area contributed by atoms with Crippen molar-refractivity contribution in [3.63, 3.8) is 0 Å². The molecule has 0 bridgehead atoms. The highest BCUT2D eigenvalue weighted by Crippen LogP contribution is 2.15. The first-order valence-corrected chi connectivity index (χ1v) is 5.66. The minimum Gasteiger partial charge on any atom is -0.384 e. The molecule has 1 aromatic carbocycles. The van der Waals surface area contributed by atoms with Gasteiger partial charge < -0.3 is 15.0 Å². The first kappa shape index (κ1) is 13.5. The molecular weight excluding hydrogens is 216 g/mol. The van der Waals surface area contributed by atoms with Crippen LogP contribution in [0.4, 0.5) is 5.69 Å². The van der Waals surface area contributed by atoms with Crippen LogP contribution >= 0.6 is 0 Å². The maximum absolute atomic E-state index is 11.4. The fourth-order valence-corrected chi connectivity index (χ4v) is 1.50. The van der Waals surface area contributed by atoms with Crippen molar-refractivity contribution in [3.8, 4) is 0 Å². The second-order valence-corrected chi connectivity index (χ2v) is 4.06. The molecule has 1 N–H and O–H groups in total. The van der Waals surface area contributed by atoms with Crippen molar-refractivity contribution in [2.45, 2.75) is 13.0 Å². The zero-order valence-electron chi connectivity index (χ0n) is 10.7. The van der Waals surface area contributed by atoms with Gasteiger partial charge in [0.1, 0.15) is 0 Å². The highest BCUT2D eigenvalue weighted by Gasteiger charge is 2.04. The molecular formula is C13H20N2O2. The van der Waals surface area contributed by atoms with Gasteiger partial charge in [0.05, 0.1) is 6.61 Å². The number of amides is 1. The minimum atomic E-state index is 0.127. The zero-order chi connectivity index (χ0) is 12.7. The van der Waals surface area contributed by atoms with Crippen molar-refractivity contribution in [2.24, 2.45) is 0 Å². The molecule has 4 heteroatoms. The van der Waals surface area contributed by atoms with Gasteiger partial charge in [0.2, 0.25) is 5.91 Å². The number of nitrogens with zero attached hydrogens (tertiary/aromatic N) is 1. The lowest BCUT2D eigenvalue weighted by atomic mass is 10.2. The molecule has 0 radical (unpaired) electrons. The van der Waals surface area contributed by atoms with E-state index in [9.17, 15) is 4.79 Å². The summed E-state index contributed by atoms with van der Waals surface area (Å²) in [6, 6.07) is 7.95. The predicted molar refractivity (Wildman–Crippen MR) is 69.0 cm³/mol. The van der Waals surface area contributed by atoms with E-state index in [1.165, 1.54) is 0 Å². The molecule has 0 spiro atoms. The minimum absolute atomic E-state index is 0.127. The summed E-state index contributed by atoms with van der Waals surface area (Å²) < 4.78 is 5.12. The third-order valence-corrected chi connectivity index (χ3v) is 2.47. The quantitative estimate of drug-likeness (QED) is 0.817. The van der Waals surface area contributed by atoms with Crippen LogP contribution in [0.1, 0.15) is 12.0 Å². The van der Waals surface area contributed by atoms with Crippen LogP contribution in [0.3, 0.4) is 0 Å². The number of nitrogens with one attached hydrogen (secondary N) is 1. The summed E-state index contributed by atoms with van der Waals surface area (Å²) in [7, 11) is 5.20. The second-order valence-electron chi connectivity index (χ2n) is 4.06. The molecule has 1 amide bonds. The van der Waals surface area contributed by atoms with Crippen molar-refractivity contribution < 1.29 is 9.53 Å². The Morgan fingerprint density at radius 3 is 2.71 bits per heavy atom. The average molecular weight is 236 g/mol. The van der Waals surface area contributed by atoms with Crippen LogP contribution in [0, 0.1) is 0 Å². The molecule has 1 rings (SSSR count). The van der Waals surface area contributed by atoms with Crippen LogP contribution in [-0.4, -0.2) is 38.6 Å². The predicted octanol–water partition coefficient (Wildman–Crippen LogP) is 1.72. The Labute approximate surface area is 103 Å². The zero-order valence-corrected chi connectivity index (χ0v) is 10.7. The molecule has 0 atom stereocenters. The molecule has 0 heterocycles. The Bertz CT molecular complexity index is 364. The number of methoxy groups -OCH3 is 1. The Morgan fingerprint density at radius 1 is 1.35 bits per heavy atom. The summed E-state index contributed by atoms with van der Waals surface area (Å²) in [5, 5.41) is 3.26. The molecule has 0 aromatic heterocycles. The molecule has 17 heavy (non-hydrogen) atoms. The van der Waals surface area contributed by atoms with E-state index in [1.807, 2.05) is 24.3 Å². The number of hydrogen-bond acceptors (Lipinski definition) is 3. The smallest absolute Gasteiger partial charge is 0.223 e. The fraction of sp³-hybridized carbons (Fsp3) is 0.462. The van der Waals surface area contributed by atoms with Crippen LogP contribution < -0.4 is 5.32 Å². The van der Waals surface area contributed by atoms with Crippen molar-refractivity contribution in [1.82, 2.24) is 4.90 Å². The van der Waals surface area contributed by atoms with Gasteiger partial charge >= 0.3 is 0 Å². The molecule has 0 fully saturated rings. The third kappa shape index (κ3) is 4.44. The van der Waals surface area contributed by atoms with Crippen molar-refractivity contribution in [2.75, 3.05) is 33.1 Å². The maximum atomic E-state index is 11.4. The number of ether oxygens (including phenoxy) is 1. The van der Waals surface area contributed by atoms with Crippen LogP contribution in [0.25, 0.3) is 0 Å². The molecule has 0 aliphatic heterocycles. The van der Waals surface area contributed by atoms with E-state index in [2.05, 4.69) is 5.32 Å². The van der Waals surface area contributed by atoms with Gasteiger partial charge in [-0.05, 0) is 6.07 Å². The van der Waals surface area contributed by atoms with E-state index in [1.54, 1.807) is 26.1 Å². The van der Waals surface area contributed by atoms with Crippen molar-refractivity contribution >= 4 is 11.6 Å². The van der Waals surface area contributed by atoms with E-state index < -0.39 is 0 Å². The van der Waals surface area contributed by atoms with Gasteiger partial charge in [-0.2, -0.15) is 0 Å². The lowest BCUT2D eigenvalue weighted by molar-refractivity contribution is -0.128. The Balaban J connectivity index is 2.48. The monoisotopic (exact) mass is 236 g/mol. The highest BCUT2D eigenvalue weighted by molar-refractivity contribution is 5.76. The number of hydrogen-bond donors (Lipinski definition) is 1. The van der Waals surface area contributed by atoms with Gasteiger partial charge in [-0.1, -0.05) is 18.2 Å². The van der Waals surface area contributed by atoms with Gasteiger partial charge in [0, 0.05) is 45.4 Å². The maximum Gasteiger partial charge on any atom is 0.223 e. The van der Waals surface area contributed by atoms with Gasteiger partial charge in [-0.25, -0.2) is 0 Å². The SMILES string of the molecule is COCc1ccccc1NCCC(=O)N(C)C. The summed E-state index contributed by atoms with van der Waals surface area (Å²) in [5.74, 6) is 0.127. The topological polar surface area (TPSA) is 41.6 Å². The van der Waals surface area contributed by atoms with E-state index in [0.717, 1.165) is 11.3 Å². The molecule has 4 nitrogen and oxygen atoms in total. The molecule has 1 aromatic rings. The Hall–Kier alpha value is -1.55. The molecule has 0 aliphatic rings. The van der Waals surface area contributed by atoms with Crippen LogP contribution in [-0.2, 0) is 16.1 Å². The molecule has 0 saturated carbocycles. The van der Waals surface area contributed by atoms with E-state index in [-0.39, 0.29) is 5.91 Å².